The summed E-state index contributed by atoms with van der Waals surface area (Å²) in [5.41, 5.74) is 0. The molecule has 0 radical (unpaired) electrons. The first-order valence-corrected chi connectivity index (χ1v) is 13.1. The number of carbonyl (C=O) groups excluding carboxylic acids is 1. The molecule has 29 heavy (non-hydrogen) atoms. The quantitative estimate of drug-likeness (QED) is 0.124. The highest BCUT2D eigenvalue weighted by Crippen LogP contribution is 2.35. The number of rotatable bonds is 20. The smallest absolute Gasteiger partial charge is 0.351 e. The van der Waals surface area contributed by atoms with E-state index < -0.39 is 7.82 Å². The van der Waals surface area contributed by atoms with Crippen LogP contribution in [-0.2, 0) is 13.9 Å². The molecule has 0 aromatic carbocycles. The first-order valence-electron chi connectivity index (χ1n) is 11.5. The predicted molar refractivity (Wildman–Crippen MR) is 120 cm³/mol. The molecule has 172 valence electrons. The monoisotopic (exact) mass is 433 g/mol. The van der Waals surface area contributed by atoms with Gasteiger partial charge in [0, 0.05) is 6.42 Å². The van der Waals surface area contributed by atoms with Crippen molar-refractivity contribution in [2.24, 2.45) is 0 Å². The second kappa shape index (κ2) is 19.3. The summed E-state index contributed by atoms with van der Waals surface area (Å²) in [5.74, 6) is -0.0798. The molecule has 0 bridgehead atoms. The average molecular weight is 434 g/mol. The van der Waals surface area contributed by atoms with Crippen molar-refractivity contribution in [2.45, 2.75) is 116 Å². The summed E-state index contributed by atoms with van der Waals surface area (Å²) in [4.78, 5) is 29.3. The van der Waals surface area contributed by atoms with E-state index in [2.05, 4.69) is 28.9 Å². The number of phosphoric acid groups is 1. The Hall–Kier alpha value is -0.680. The van der Waals surface area contributed by atoms with Gasteiger partial charge in [0.05, 0.1) is 12.6 Å². The van der Waals surface area contributed by atoms with Crippen molar-refractivity contribution >= 4 is 13.7 Å². The Morgan fingerprint density at radius 2 is 1.41 bits per heavy atom. The van der Waals surface area contributed by atoms with Gasteiger partial charge in [-0.1, -0.05) is 77.4 Å². The van der Waals surface area contributed by atoms with Gasteiger partial charge in [-0.3, -0.25) is 9.32 Å². The highest BCUT2D eigenvalue weighted by atomic mass is 31.2. The standard InChI is InChI=1S/C22H44NO5P/c1-3-5-6-7-8-9-10-11-12-13-14-15-16-17-18-19-22(24)23-21(4-2)20-28-29(25,26)27/h11-12,21H,3-10,13-20H2,1-2H3,(H,23,24)(H2,25,26,27)/b12-11-/t21-/m1/s1. The van der Waals surface area contributed by atoms with E-state index in [1.54, 1.807) is 0 Å². The van der Waals surface area contributed by atoms with E-state index in [0.717, 1.165) is 25.7 Å². The van der Waals surface area contributed by atoms with E-state index in [4.69, 9.17) is 9.79 Å². The van der Waals surface area contributed by atoms with E-state index in [9.17, 15) is 9.36 Å². The lowest BCUT2D eigenvalue weighted by Gasteiger charge is -2.17. The van der Waals surface area contributed by atoms with Crippen LogP contribution in [0, 0.1) is 0 Å². The minimum Gasteiger partial charge on any atom is -0.351 e. The first kappa shape index (κ1) is 28.3. The number of hydrogen-bond acceptors (Lipinski definition) is 3. The van der Waals surface area contributed by atoms with Crippen molar-refractivity contribution in [2.75, 3.05) is 6.61 Å². The van der Waals surface area contributed by atoms with Crippen LogP contribution >= 0.6 is 7.82 Å². The van der Waals surface area contributed by atoms with Crippen molar-refractivity contribution in [1.82, 2.24) is 5.32 Å². The molecule has 1 amide bonds. The summed E-state index contributed by atoms with van der Waals surface area (Å²) in [7, 11) is -4.49. The third kappa shape index (κ3) is 21.8. The van der Waals surface area contributed by atoms with Crippen LogP contribution in [0.1, 0.15) is 110 Å². The molecule has 0 aliphatic rings. The molecule has 0 aliphatic carbocycles. The van der Waals surface area contributed by atoms with Crippen LogP contribution in [0.4, 0.5) is 0 Å². The molecule has 1 atom stereocenters. The molecular formula is C22H44NO5P. The molecule has 7 heteroatoms. The highest BCUT2D eigenvalue weighted by molar-refractivity contribution is 7.46. The first-order chi connectivity index (χ1) is 13.9. The van der Waals surface area contributed by atoms with E-state index in [1.165, 1.54) is 57.8 Å². The number of carbonyl (C=O) groups is 1. The summed E-state index contributed by atoms with van der Waals surface area (Å²) in [6.45, 7) is 3.92. The fraction of sp³-hybridized carbons (Fsp3) is 0.864. The van der Waals surface area contributed by atoms with Gasteiger partial charge in [0.15, 0.2) is 0 Å². The molecule has 0 spiro atoms. The maximum absolute atomic E-state index is 11.9. The van der Waals surface area contributed by atoms with Gasteiger partial charge in [-0.25, -0.2) is 4.57 Å². The largest absolute Gasteiger partial charge is 0.469 e. The minimum absolute atomic E-state index is 0.0798. The van der Waals surface area contributed by atoms with E-state index in [-0.39, 0.29) is 18.6 Å². The van der Waals surface area contributed by atoms with Crippen LogP contribution in [0.2, 0.25) is 0 Å². The van der Waals surface area contributed by atoms with Gasteiger partial charge in [0.1, 0.15) is 0 Å². The Balaban J connectivity index is 3.49. The van der Waals surface area contributed by atoms with Crippen LogP contribution < -0.4 is 5.32 Å². The molecule has 0 aromatic rings. The molecule has 0 aliphatic heterocycles. The molecular weight excluding hydrogens is 389 g/mol. The zero-order chi connectivity index (χ0) is 21.8. The second-order valence-corrected chi connectivity index (χ2v) is 9.03. The lowest BCUT2D eigenvalue weighted by atomic mass is 10.1. The average Bonchev–Trinajstić information content (AvgIpc) is 2.67. The van der Waals surface area contributed by atoms with Crippen LogP contribution in [-0.4, -0.2) is 28.3 Å². The molecule has 0 saturated carbocycles. The summed E-state index contributed by atoms with van der Waals surface area (Å²) in [6, 6.07) is -0.363. The number of phosphoric ester groups is 1. The van der Waals surface area contributed by atoms with Crippen LogP contribution in [0.5, 0.6) is 0 Å². The Kier molecular flexibility index (Phi) is 18.8. The third-order valence-corrected chi connectivity index (χ3v) is 5.45. The Bertz CT molecular complexity index is 464. The second-order valence-electron chi connectivity index (χ2n) is 7.79. The summed E-state index contributed by atoms with van der Waals surface area (Å²) >= 11 is 0. The number of allylic oxidation sites excluding steroid dienone is 2. The molecule has 0 rings (SSSR count). The normalized spacial score (nSPS) is 13.1. The summed E-state index contributed by atoms with van der Waals surface area (Å²) in [6.07, 6.45) is 21.5. The fourth-order valence-electron chi connectivity index (χ4n) is 3.10. The van der Waals surface area contributed by atoms with Gasteiger partial charge in [-0.05, 0) is 38.5 Å². The van der Waals surface area contributed by atoms with Gasteiger partial charge in [0.2, 0.25) is 5.91 Å². The Morgan fingerprint density at radius 3 is 1.93 bits per heavy atom. The lowest BCUT2D eigenvalue weighted by molar-refractivity contribution is -0.122. The maximum Gasteiger partial charge on any atom is 0.469 e. The lowest BCUT2D eigenvalue weighted by Crippen LogP contribution is -2.37. The highest BCUT2D eigenvalue weighted by Gasteiger charge is 2.18. The number of hydrogen-bond donors (Lipinski definition) is 3. The molecule has 3 N–H and O–H groups in total. The van der Waals surface area contributed by atoms with Gasteiger partial charge >= 0.3 is 7.82 Å². The Morgan fingerprint density at radius 1 is 0.897 bits per heavy atom. The van der Waals surface area contributed by atoms with Crippen LogP contribution in [0.3, 0.4) is 0 Å². The third-order valence-electron chi connectivity index (χ3n) is 4.97. The molecule has 0 aromatic heterocycles. The zero-order valence-corrected chi connectivity index (χ0v) is 19.5. The van der Waals surface area contributed by atoms with Crippen LogP contribution in [0.25, 0.3) is 0 Å². The number of nitrogens with one attached hydrogen (secondary N) is 1. The molecule has 0 fully saturated rings. The van der Waals surface area contributed by atoms with Crippen molar-refractivity contribution in [1.29, 1.82) is 0 Å². The van der Waals surface area contributed by atoms with E-state index in [1.807, 2.05) is 6.92 Å². The minimum atomic E-state index is -4.49. The fourth-order valence-corrected chi connectivity index (χ4v) is 3.48. The Labute approximate surface area is 178 Å². The molecule has 0 saturated heterocycles. The van der Waals surface area contributed by atoms with Crippen molar-refractivity contribution < 1.29 is 23.7 Å². The topological polar surface area (TPSA) is 95.9 Å². The van der Waals surface area contributed by atoms with E-state index >= 15 is 0 Å². The SMILES string of the molecule is CCCCCCCC/C=C\CCCCCCCC(=O)N[C@H](CC)COP(=O)(O)O. The molecule has 0 heterocycles. The molecule has 6 nitrogen and oxygen atoms in total. The van der Waals surface area contributed by atoms with Gasteiger partial charge < -0.3 is 15.1 Å². The number of unbranched alkanes of at least 4 members (excludes halogenated alkanes) is 11. The van der Waals surface area contributed by atoms with Crippen molar-refractivity contribution in [3.63, 3.8) is 0 Å². The summed E-state index contributed by atoms with van der Waals surface area (Å²) < 4.78 is 15.2. The summed E-state index contributed by atoms with van der Waals surface area (Å²) in [5, 5.41) is 2.77. The molecule has 0 unspecified atom stereocenters. The predicted octanol–water partition coefficient (Wildman–Crippen LogP) is 6.03. The zero-order valence-electron chi connectivity index (χ0n) is 18.6. The number of amides is 1. The van der Waals surface area contributed by atoms with Crippen molar-refractivity contribution in [3.8, 4) is 0 Å². The van der Waals surface area contributed by atoms with E-state index in [0.29, 0.717) is 12.8 Å². The van der Waals surface area contributed by atoms with Crippen LogP contribution in [0.15, 0.2) is 12.2 Å². The van der Waals surface area contributed by atoms with Gasteiger partial charge in [-0.15, -0.1) is 0 Å². The van der Waals surface area contributed by atoms with Gasteiger partial charge in [-0.2, -0.15) is 0 Å². The van der Waals surface area contributed by atoms with Gasteiger partial charge in [0.25, 0.3) is 0 Å². The van der Waals surface area contributed by atoms with Crippen molar-refractivity contribution in [3.05, 3.63) is 12.2 Å². The maximum atomic E-state index is 11.9.